The summed E-state index contributed by atoms with van der Waals surface area (Å²) in [5.74, 6) is -0.556. The van der Waals surface area contributed by atoms with E-state index in [1.165, 1.54) is 12.1 Å². The molecule has 0 atom stereocenters. The van der Waals surface area contributed by atoms with Gasteiger partial charge in [0.1, 0.15) is 5.82 Å². The molecule has 0 saturated carbocycles. The van der Waals surface area contributed by atoms with Crippen molar-refractivity contribution in [3.8, 4) is 11.3 Å². The normalized spacial score (nSPS) is 11.1. The molecule has 33 heavy (non-hydrogen) atoms. The van der Waals surface area contributed by atoms with Gasteiger partial charge in [-0.3, -0.25) is 14.2 Å². The lowest BCUT2D eigenvalue weighted by atomic mass is 10.0. The molecule has 0 radical (unpaired) electrons. The van der Waals surface area contributed by atoms with Crippen molar-refractivity contribution in [2.75, 3.05) is 5.32 Å². The van der Waals surface area contributed by atoms with Crippen molar-refractivity contribution in [1.82, 2.24) is 24.5 Å². The Kier molecular flexibility index (Phi) is 5.18. The summed E-state index contributed by atoms with van der Waals surface area (Å²) in [6.45, 7) is 2.36. The molecule has 3 aromatic heterocycles. The molecule has 0 aliphatic carbocycles. The van der Waals surface area contributed by atoms with E-state index < -0.39 is 0 Å². The zero-order valence-corrected chi connectivity index (χ0v) is 18.2. The fourth-order valence-electron chi connectivity index (χ4n) is 3.79. The van der Waals surface area contributed by atoms with Gasteiger partial charge in [-0.25, -0.2) is 9.37 Å². The molecule has 0 unspecified atom stereocenters. The molecule has 5 aromatic rings. The Morgan fingerprint density at radius 1 is 1.06 bits per heavy atom. The molecule has 2 aromatic carbocycles. The molecular formula is C25H21FN6O. The van der Waals surface area contributed by atoms with Gasteiger partial charge in [-0.15, -0.1) is 0 Å². The van der Waals surface area contributed by atoms with E-state index in [1.807, 2.05) is 44.3 Å². The van der Waals surface area contributed by atoms with Gasteiger partial charge in [-0.05, 0) is 36.8 Å². The van der Waals surface area contributed by atoms with E-state index in [-0.39, 0.29) is 11.7 Å². The second-order valence-corrected chi connectivity index (χ2v) is 7.85. The second kappa shape index (κ2) is 8.31. The standard InChI is InChI=1S/C25H21FN6O/c1-16-22(13-27-31(16)2)24-11-21(20-8-3-4-9-23(20)30-24)25(33)29-19-12-28-32(15-19)14-17-6-5-7-18(26)10-17/h3-13,15H,14H2,1-2H3,(H,29,33). The molecule has 7 nitrogen and oxygen atoms in total. The average molecular weight is 440 g/mol. The van der Waals surface area contributed by atoms with E-state index >= 15 is 0 Å². The largest absolute Gasteiger partial charge is 0.319 e. The highest BCUT2D eigenvalue weighted by atomic mass is 19.1. The van der Waals surface area contributed by atoms with Gasteiger partial charge in [0.25, 0.3) is 5.91 Å². The molecular weight excluding hydrogens is 419 g/mol. The Hall–Kier alpha value is -4.33. The molecule has 0 saturated heterocycles. The van der Waals surface area contributed by atoms with Crippen LogP contribution in [0.4, 0.5) is 10.1 Å². The Morgan fingerprint density at radius 3 is 2.70 bits per heavy atom. The fourth-order valence-corrected chi connectivity index (χ4v) is 3.79. The lowest BCUT2D eigenvalue weighted by molar-refractivity contribution is 0.102. The summed E-state index contributed by atoms with van der Waals surface area (Å²) in [5.41, 5.74) is 5.10. The Labute approximate surface area is 189 Å². The predicted octanol–water partition coefficient (Wildman–Crippen LogP) is 4.58. The van der Waals surface area contributed by atoms with Crippen LogP contribution >= 0.6 is 0 Å². The van der Waals surface area contributed by atoms with Crippen LogP contribution < -0.4 is 5.32 Å². The van der Waals surface area contributed by atoms with Crippen molar-refractivity contribution < 1.29 is 9.18 Å². The summed E-state index contributed by atoms with van der Waals surface area (Å²) in [7, 11) is 1.87. The minimum absolute atomic E-state index is 0.262. The van der Waals surface area contributed by atoms with E-state index in [0.717, 1.165) is 27.7 Å². The lowest BCUT2D eigenvalue weighted by Crippen LogP contribution is -2.13. The molecule has 1 N–H and O–H groups in total. The van der Waals surface area contributed by atoms with Gasteiger partial charge in [0.15, 0.2) is 0 Å². The van der Waals surface area contributed by atoms with Crippen LogP contribution in [-0.2, 0) is 13.6 Å². The van der Waals surface area contributed by atoms with E-state index in [1.54, 1.807) is 40.1 Å². The molecule has 0 aliphatic rings. The molecule has 0 spiro atoms. The third-order valence-electron chi connectivity index (χ3n) is 5.60. The van der Waals surface area contributed by atoms with Crippen LogP contribution in [0.5, 0.6) is 0 Å². The number of nitrogens with one attached hydrogen (secondary N) is 1. The number of carbonyl (C=O) groups is 1. The van der Waals surface area contributed by atoms with E-state index in [4.69, 9.17) is 4.98 Å². The maximum Gasteiger partial charge on any atom is 0.256 e. The minimum Gasteiger partial charge on any atom is -0.319 e. The summed E-state index contributed by atoms with van der Waals surface area (Å²) < 4.78 is 16.9. The number of hydrogen-bond acceptors (Lipinski definition) is 4. The maximum absolute atomic E-state index is 13.4. The second-order valence-electron chi connectivity index (χ2n) is 7.85. The minimum atomic E-state index is -0.294. The zero-order chi connectivity index (χ0) is 22.9. The van der Waals surface area contributed by atoms with Crippen LogP contribution in [0, 0.1) is 12.7 Å². The van der Waals surface area contributed by atoms with Crippen LogP contribution in [0.3, 0.4) is 0 Å². The number of halogens is 1. The molecule has 1 amide bonds. The molecule has 5 rings (SSSR count). The summed E-state index contributed by atoms with van der Waals surface area (Å²) >= 11 is 0. The van der Waals surface area contributed by atoms with Crippen molar-refractivity contribution in [3.63, 3.8) is 0 Å². The maximum atomic E-state index is 13.4. The van der Waals surface area contributed by atoms with Gasteiger partial charge in [0, 0.05) is 29.9 Å². The summed E-state index contributed by atoms with van der Waals surface area (Å²) in [4.78, 5) is 18.0. The fraction of sp³-hybridized carbons (Fsp3) is 0.120. The Balaban J connectivity index is 1.45. The van der Waals surface area contributed by atoms with Crippen LogP contribution in [0.25, 0.3) is 22.2 Å². The van der Waals surface area contributed by atoms with Gasteiger partial charge >= 0.3 is 0 Å². The van der Waals surface area contributed by atoms with Crippen LogP contribution in [0.1, 0.15) is 21.6 Å². The highest BCUT2D eigenvalue weighted by Crippen LogP contribution is 2.27. The molecule has 0 aliphatic heterocycles. The number of amides is 1. The van der Waals surface area contributed by atoms with E-state index in [0.29, 0.717) is 23.5 Å². The van der Waals surface area contributed by atoms with Crippen molar-refractivity contribution >= 4 is 22.5 Å². The SMILES string of the molecule is Cc1c(-c2cc(C(=O)Nc3cnn(Cc4cccc(F)c4)c3)c3ccccc3n2)cnn1C. The van der Waals surface area contributed by atoms with Crippen LogP contribution in [0.15, 0.2) is 73.2 Å². The van der Waals surface area contributed by atoms with Crippen molar-refractivity contribution in [3.05, 3.63) is 95.8 Å². The van der Waals surface area contributed by atoms with Crippen LogP contribution in [-0.4, -0.2) is 30.5 Å². The first kappa shape index (κ1) is 20.6. The number of aromatic nitrogens is 5. The third kappa shape index (κ3) is 4.10. The number of nitrogens with zero attached hydrogens (tertiary/aromatic N) is 5. The summed E-state index contributed by atoms with van der Waals surface area (Å²) in [5, 5.41) is 12.3. The van der Waals surface area contributed by atoms with E-state index in [2.05, 4.69) is 15.5 Å². The number of benzene rings is 2. The number of rotatable bonds is 5. The van der Waals surface area contributed by atoms with E-state index in [9.17, 15) is 9.18 Å². The number of pyridine rings is 1. The van der Waals surface area contributed by atoms with Gasteiger partial charge in [0.2, 0.25) is 0 Å². The Morgan fingerprint density at radius 2 is 1.91 bits per heavy atom. The molecule has 0 fully saturated rings. The first-order valence-corrected chi connectivity index (χ1v) is 10.4. The smallest absolute Gasteiger partial charge is 0.256 e. The number of carbonyl (C=O) groups excluding carboxylic acids is 1. The lowest BCUT2D eigenvalue weighted by Gasteiger charge is -2.10. The van der Waals surface area contributed by atoms with Crippen molar-refractivity contribution in [1.29, 1.82) is 0 Å². The number of fused-ring (bicyclic) bond motifs is 1. The highest BCUT2D eigenvalue weighted by molar-refractivity contribution is 6.13. The van der Waals surface area contributed by atoms with Crippen molar-refractivity contribution in [2.45, 2.75) is 13.5 Å². The number of para-hydroxylation sites is 1. The van der Waals surface area contributed by atoms with Gasteiger partial charge in [-0.2, -0.15) is 10.2 Å². The molecule has 164 valence electrons. The van der Waals surface area contributed by atoms with Gasteiger partial charge < -0.3 is 5.32 Å². The predicted molar refractivity (Wildman–Crippen MR) is 124 cm³/mol. The molecule has 3 heterocycles. The average Bonchev–Trinajstić information content (AvgIpc) is 3.38. The number of hydrogen-bond donors (Lipinski definition) is 1. The topological polar surface area (TPSA) is 77.6 Å². The summed E-state index contributed by atoms with van der Waals surface area (Å²) in [6, 6.07) is 15.7. The summed E-state index contributed by atoms with van der Waals surface area (Å²) in [6.07, 6.45) is 5.05. The first-order chi connectivity index (χ1) is 16.0. The number of aryl methyl sites for hydroxylation is 1. The van der Waals surface area contributed by atoms with Gasteiger partial charge in [0.05, 0.1) is 41.4 Å². The highest BCUT2D eigenvalue weighted by Gasteiger charge is 2.17. The quantitative estimate of drug-likeness (QED) is 0.434. The van der Waals surface area contributed by atoms with Gasteiger partial charge in [-0.1, -0.05) is 30.3 Å². The third-order valence-corrected chi connectivity index (χ3v) is 5.60. The number of anilines is 1. The monoisotopic (exact) mass is 440 g/mol. The van der Waals surface area contributed by atoms with Crippen LogP contribution in [0.2, 0.25) is 0 Å². The molecule has 8 heteroatoms. The van der Waals surface area contributed by atoms with Crippen molar-refractivity contribution in [2.24, 2.45) is 7.05 Å². The Bertz CT molecular complexity index is 1490. The zero-order valence-electron chi connectivity index (χ0n) is 18.2. The first-order valence-electron chi connectivity index (χ1n) is 10.4. The molecule has 0 bridgehead atoms.